The van der Waals surface area contributed by atoms with Crippen LogP contribution < -0.4 is 4.90 Å². The third-order valence-electron chi connectivity index (χ3n) is 3.94. The summed E-state index contributed by atoms with van der Waals surface area (Å²) in [5, 5.41) is 11.3. The molecule has 6 heteroatoms. The number of hydrogen-bond acceptors (Lipinski definition) is 6. The van der Waals surface area contributed by atoms with Crippen molar-refractivity contribution in [3.63, 3.8) is 0 Å². The fourth-order valence-electron chi connectivity index (χ4n) is 2.76. The van der Waals surface area contributed by atoms with E-state index in [4.69, 9.17) is 4.42 Å². The number of furan rings is 1. The lowest BCUT2D eigenvalue weighted by Crippen LogP contribution is -2.30. The molecule has 114 valence electrons. The highest BCUT2D eigenvalue weighted by Crippen LogP contribution is 2.33. The zero-order chi connectivity index (χ0) is 14.8. The lowest BCUT2D eigenvalue weighted by atomic mass is 10.1. The third-order valence-corrected chi connectivity index (χ3v) is 4.70. The minimum atomic E-state index is -0.553. The number of aliphatic hydroxyl groups excluding tert-OH is 1. The van der Waals surface area contributed by atoms with Gasteiger partial charge < -0.3 is 14.4 Å². The average Bonchev–Trinajstić information content (AvgIpc) is 3.19. The van der Waals surface area contributed by atoms with E-state index in [9.17, 15) is 5.11 Å². The SMILES string of the molecule is CC(C)c1nsc(N2CCCC2CC(O)c2ccco2)n1. The van der Waals surface area contributed by atoms with E-state index in [0.29, 0.717) is 24.1 Å². The van der Waals surface area contributed by atoms with Gasteiger partial charge in [0.25, 0.3) is 0 Å². The summed E-state index contributed by atoms with van der Waals surface area (Å²) in [6, 6.07) is 3.94. The highest BCUT2D eigenvalue weighted by molar-refractivity contribution is 7.09. The molecule has 2 aromatic rings. The second-order valence-corrected chi connectivity index (χ2v) is 6.58. The van der Waals surface area contributed by atoms with Crippen LogP contribution in [-0.4, -0.2) is 27.1 Å². The van der Waals surface area contributed by atoms with E-state index < -0.39 is 6.10 Å². The first-order chi connectivity index (χ1) is 10.1. The molecule has 2 atom stereocenters. The van der Waals surface area contributed by atoms with Gasteiger partial charge in [-0.15, -0.1) is 0 Å². The van der Waals surface area contributed by atoms with Gasteiger partial charge in [-0.25, -0.2) is 4.98 Å². The summed E-state index contributed by atoms with van der Waals surface area (Å²) in [6.07, 6.45) is 3.93. The van der Waals surface area contributed by atoms with E-state index in [1.54, 1.807) is 6.26 Å². The minimum Gasteiger partial charge on any atom is -0.467 e. The Morgan fingerprint density at radius 3 is 3.05 bits per heavy atom. The molecule has 0 spiro atoms. The smallest absolute Gasteiger partial charge is 0.205 e. The number of rotatable bonds is 5. The highest BCUT2D eigenvalue weighted by atomic mass is 32.1. The van der Waals surface area contributed by atoms with Crippen molar-refractivity contribution in [3.05, 3.63) is 30.0 Å². The molecule has 21 heavy (non-hydrogen) atoms. The van der Waals surface area contributed by atoms with Gasteiger partial charge in [0.15, 0.2) is 0 Å². The largest absolute Gasteiger partial charge is 0.467 e. The molecular weight excluding hydrogens is 286 g/mol. The maximum atomic E-state index is 10.3. The summed E-state index contributed by atoms with van der Waals surface area (Å²) < 4.78 is 9.72. The lowest BCUT2D eigenvalue weighted by Gasteiger charge is -2.25. The topological polar surface area (TPSA) is 62.4 Å². The molecule has 2 aromatic heterocycles. The van der Waals surface area contributed by atoms with Crippen molar-refractivity contribution in [2.45, 2.75) is 51.2 Å². The number of aromatic nitrogens is 2. The van der Waals surface area contributed by atoms with Gasteiger partial charge in [-0.05, 0) is 25.0 Å². The van der Waals surface area contributed by atoms with Crippen molar-refractivity contribution in [1.82, 2.24) is 9.36 Å². The summed E-state index contributed by atoms with van der Waals surface area (Å²) in [6.45, 7) is 5.20. The molecule has 3 rings (SSSR count). The van der Waals surface area contributed by atoms with Crippen LogP contribution in [0.2, 0.25) is 0 Å². The van der Waals surface area contributed by atoms with Gasteiger partial charge in [-0.1, -0.05) is 13.8 Å². The van der Waals surface area contributed by atoms with Crippen LogP contribution in [-0.2, 0) is 0 Å². The quantitative estimate of drug-likeness (QED) is 0.918. The van der Waals surface area contributed by atoms with E-state index in [1.165, 1.54) is 11.5 Å². The Morgan fingerprint density at radius 2 is 2.38 bits per heavy atom. The highest BCUT2D eigenvalue weighted by Gasteiger charge is 2.30. The molecule has 1 fully saturated rings. The summed E-state index contributed by atoms with van der Waals surface area (Å²) in [5.74, 6) is 1.90. The normalized spacial score (nSPS) is 20.4. The molecule has 1 aliphatic heterocycles. The van der Waals surface area contributed by atoms with Crippen molar-refractivity contribution in [1.29, 1.82) is 0 Å². The Labute approximate surface area is 128 Å². The van der Waals surface area contributed by atoms with E-state index in [2.05, 4.69) is 28.1 Å². The van der Waals surface area contributed by atoms with Crippen molar-refractivity contribution < 1.29 is 9.52 Å². The van der Waals surface area contributed by atoms with Gasteiger partial charge in [-0.2, -0.15) is 4.37 Å². The fraction of sp³-hybridized carbons (Fsp3) is 0.600. The molecule has 5 nitrogen and oxygen atoms in total. The van der Waals surface area contributed by atoms with Crippen molar-refractivity contribution in [3.8, 4) is 0 Å². The Hall–Kier alpha value is -1.40. The molecule has 0 amide bonds. The molecule has 1 aliphatic rings. The fourth-order valence-corrected chi connectivity index (χ4v) is 3.67. The van der Waals surface area contributed by atoms with Crippen LogP contribution in [0.15, 0.2) is 22.8 Å². The molecule has 0 bridgehead atoms. The molecule has 0 aliphatic carbocycles. The zero-order valence-corrected chi connectivity index (χ0v) is 13.2. The van der Waals surface area contributed by atoms with E-state index >= 15 is 0 Å². The molecular formula is C15H21N3O2S. The standard InChI is InChI=1S/C15H21N3O2S/c1-10(2)14-16-15(21-17-14)18-7-3-5-11(18)9-12(19)13-6-4-8-20-13/h4,6,8,10-12,19H,3,5,7,9H2,1-2H3. The Bertz CT molecular complexity index is 567. The third kappa shape index (κ3) is 3.11. The van der Waals surface area contributed by atoms with Crippen molar-refractivity contribution in [2.24, 2.45) is 0 Å². The van der Waals surface area contributed by atoms with E-state index in [-0.39, 0.29) is 0 Å². The van der Waals surface area contributed by atoms with Gasteiger partial charge in [-0.3, -0.25) is 0 Å². The van der Waals surface area contributed by atoms with Crippen LogP contribution in [0.3, 0.4) is 0 Å². The van der Waals surface area contributed by atoms with Gasteiger partial charge in [0.1, 0.15) is 17.7 Å². The summed E-state index contributed by atoms with van der Waals surface area (Å²) in [7, 11) is 0. The van der Waals surface area contributed by atoms with Gasteiger partial charge in [0.05, 0.1) is 6.26 Å². The summed E-state index contributed by atoms with van der Waals surface area (Å²) >= 11 is 1.46. The van der Waals surface area contributed by atoms with Gasteiger partial charge in [0.2, 0.25) is 5.13 Å². The molecule has 0 radical (unpaired) electrons. The number of aliphatic hydroxyl groups is 1. The summed E-state index contributed by atoms with van der Waals surface area (Å²) in [5.41, 5.74) is 0. The Balaban J connectivity index is 1.70. The zero-order valence-electron chi connectivity index (χ0n) is 12.4. The molecule has 2 unspecified atom stereocenters. The van der Waals surface area contributed by atoms with Crippen LogP contribution in [0.4, 0.5) is 5.13 Å². The predicted molar refractivity (Wildman–Crippen MR) is 82.7 cm³/mol. The van der Waals surface area contributed by atoms with Crippen LogP contribution in [0.5, 0.6) is 0 Å². The molecule has 1 N–H and O–H groups in total. The van der Waals surface area contributed by atoms with Crippen LogP contribution >= 0.6 is 11.5 Å². The van der Waals surface area contributed by atoms with Crippen molar-refractivity contribution in [2.75, 3.05) is 11.4 Å². The molecule has 1 saturated heterocycles. The monoisotopic (exact) mass is 307 g/mol. The minimum absolute atomic E-state index is 0.304. The van der Waals surface area contributed by atoms with Gasteiger partial charge >= 0.3 is 0 Å². The van der Waals surface area contributed by atoms with Gasteiger partial charge in [0, 0.05) is 36.5 Å². The Kier molecular flexibility index (Phi) is 4.26. The number of anilines is 1. The maximum Gasteiger partial charge on any atom is 0.205 e. The molecule has 0 saturated carbocycles. The predicted octanol–water partition coefficient (Wildman–Crippen LogP) is 3.35. The summed E-state index contributed by atoms with van der Waals surface area (Å²) in [4.78, 5) is 6.93. The number of nitrogens with zero attached hydrogens (tertiary/aromatic N) is 3. The molecule has 0 aromatic carbocycles. The molecule has 3 heterocycles. The van der Waals surface area contributed by atoms with Crippen LogP contribution in [0.25, 0.3) is 0 Å². The first kappa shape index (κ1) is 14.5. The van der Waals surface area contributed by atoms with E-state index in [1.807, 2.05) is 12.1 Å². The first-order valence-electron chi connectivity index (χ1n) is 7.47. The van der Waals surface area contributed by atoms with Crippen LogP contribution in [0, 0.1) is 0 Å². The lowest BCUT2D eigenvalue weighted by molar-refractivity contribution is 0.132. The first-order valence-corrected chi connectivity index (χ1v) is 8.24. The van der Waals surface area contributed by atoms with Crippen LogP contribution in [0.1, 0.15) is 56.7 Å². The van der Waals surface area contributed by atoms with E-state index in [0.717, 1.165) is 30.3 Å². The Morgan fingerprint density at radius 1 is 1.52 bits per heavy atom. The maximum absolute atomic E-state index is 10.3. The number of hydrogen-bond donors (Lipinski definition) is 1. The average molecular weight is 307 g/mol. The van der Waals surface area contributed by atoms with Crippen molar-refractivity contribution >= 4 is 16.7 Å². The second-order valence-electron chi connectivity index (χ2n) is 5.85. The second kappa shape index (κ2) is 6.15.